The van der Waals surface area contributed by atoms with Crippen LogP contribution in [0, 0.1) is 5.92 Å². The smallest absolute Gasteiger partial charge is 0.236 e. The van der Waals surface area contributed by atoms with E-state index in [-0.39, 0.29) is 11.8 Å². The van der Waals surface area contributed by atoms with Gasteiger partial charge in [-0.3, -0.25) is 4.79 Å². The average Bonchev–Trinajstić information content (AvgIpc) is 2.85. The normalized spacial score (nSPS) is 15.4. The molecule has 0 atom stereocenters. The summed E-state index contributed by atoms with van der Waals surface area (Å²) in [6.45, 7) is 0.646. The Labute approximate surface area is 194 Å². The number of piperidine rings is 1. The summed E-state index contributed by atoms with van der Waals surface area (Å²) in [5.74, 6) is 1.11. The molecular weight excluding hydrogens is 436 g/mol. The molecule has 33 heavy (non-hydrogen) atoms. The van der Waals surface area contributed by atoms with Crippen LogP contribution in [0.15, 0.2) is 90.3 Å². The highest BCUT2D eigenvalue weighted by molar-refractivity contribution is 7.92. The van der Waals surface area contributed by atoms with E-state index in [1.165, 1.54) is 9.71 Å². The first-order valence-corrected chi connectivity index (χ1v) is 12.4. The van der Waals surface area contributed by atoms with Gasteiger partial charge in [-0.25, -0.2) is 8.42 Å². The predicted octanol–water partition coefficient (Wildman–Crippen LogP) is 5.13. The van der Waals surface area contributed by atoms with Crippen molar-refractivity contribution in [1.82, 2.24) is 4.31 Å². The number of hydrogen-bond donors (Lipinski definition) is 1. The number of amides is 1. The lowest BCUT2D eigenvalue weighted by Crippen LogP contribution is -2.40. The molecule has 1 heterocycles. The Morgan fingerprint density at radius 1 is 0.848 bits per heavy atom. The molecule has 170 valence electrons. The van der Waals surface area contributed by atoms with E-state index in [9.17, 15) is 13.2 Å². The van der Waals surface area contributed by atoms with Gasteiger partial charge in [0.2, 0.25) is 15.9 Å². The van der Waals surface area contributed by atoms with Crippen LogP contribution in [0.25, 0.3) is 6.08 Å². The second kappa shape index (κ2) is 10.5. The Morgan fingerprint density at radius 2 is 1.42 bits per heavy atom. The molecule has 0 saturated carbocycles. The number of nitrogens with one attached hydrogen (secondary N) is 1. The maximum atomic E-state index is 12.7. The number of para-hydroxylation sites is 1. The minimum absolute atomic E-state index is 0.0939. The number of nitrogens with zero attached hydrogens (tertiary/aromatic N) is 1. The van der Waals surface area contributed by atoms with E-state index in [0.29, 0.717) is 37.4 Å². The fourth-order valence-electron chi connectivity index (χ4n) is 3.66. The molecule has 0 aliphatic carbocycles. The molecule has 0 radical (unpaired) electrons. The van der Waals surface area contributed by atoms with Crippen molar-refractivity contribution in [2.24, 2.45) is 5.92 Å². The third-order valence-electron chi connectivity index (χ3n) is 5.52. The van der Waals surface area contributed by atoms with E-state index < -0.39 is 10.0 Å². The van der Waals surface area contributed by atoms with E-state index in [4.69, 9.17) is 4.74 Å². The fourth-order valence-corrected chi connectivity index (χ4v) is 4.88. The Kier molecular flexibility index (Phi) is 7.22. The van der Waals surface area contributed by atoms with Crippen LogP contribution in [0.4, 0.5) is 5.69 Å². The average molecular weight is 463 g/mol. The number of carbonyl (C=O) groups excluding carboxylic acids is 1. The summed E-state index contributed by atoms with van der Waals surface area (Å²) in [5.41, 5.74) is 1.51. The van der Waals surface area contributed by atoms with Gasteiger partial charge in [0.1, 0.15) is 11.5 Å². The summed E-state index contributed by atoms with van der Waals surface area (Å²) in [6.07, 6.45) is 2.57. The first-order chi connectivity index (χ1) is 16.0. The molecule has 1 aliphatic rings. The molecule has 0 bridgehead atoms. The third kappa shape index (κ3) is 6.31. The van der Waals surface area contributed by atoms with Crippen LogP contribution in [-0.4, -0.2) is 31.7 Å². The van der Waals surface area contributed by atoms with Crippen molar-refractivity contribution >= 4 is 27.7 Å². The van der Waals surface area contributed by atoms with Crippen LogP contribution < -0.4 is 10.1 Å². The van der Waals surface area contributed by atoms with Crippen LogP contribution in [0.1, 0.15) is 18.4 Å². The van der Waals surface area contributed by atoms with Crippen LogP contribution in [-0.2, 0) is 14.8 Å². The number of rotatable bonds is 7. The molecular formula is C26H26N2O4S. The van der Waals surface area contributed by atoms with Gasteiger partial charge in [-0.1, -0.05) is 48.5 Å². The molecule has 0 spiro atoms. The number of sulfonamides is 1. The van der Waals surface area contributed by atoms with Gasteiger partial charge < -0.3 is 10.1 Å². The van der Waals surface area contributed by atoms with Crippen molar-refractivity contribution in [2.45, 2.75) is 12.8 Å². The SMILES string of the molecule is O=C(Nc1ccc(Oc2ccccc2)cc1)C1CCN(S(=O)(=O)/C=C/c2ccccc2)CC1. The van der Waals surface area contributed by atoms with Crippen molar-refractivity contribution < 1.29 is 17.9 Å². The van der Waals surface area contributed by atoms with Crippen LogP contribution >= 0.6 is 0 Å². The van der Waals surface area contributed by atoms with Gasteiger partial charge in [0.15, 0.2) is 0 Å². The summed E-state index contributed by atoms with van der Waals surface area (Å²) < 4.78 is 32.4. The van der Waals surface area contributed by atoms with Crippen molar-refractivity contribution in [1.29, 1.82) is 0 Å². The molecule has 3 aromatic carbocycles. The quantitative estimate of drug-likeness (QED) is 0.528. The molecule has 1 amide bonds. The van der Waals surface area contributed by atoms with E-state index in [1.54, 1.807) is 30.3 Å². The summed E-state index contributed by atoms with van der Waals surface area (Å²) in [7, 11) is -3.51. The molecule has 7 heteroatoms. The number of carbonyl (C=O) groups is 1. The Balaban J connectivity index is 1.28. The Bertz CT molecular complexity index is 1190. The van der Waals surface area contributed by atoms with Gasteiger partial charge >= 0.3 is 0 Å². The van der Waals surface area contributed by atoms with Gasteiger partial charge in [0, 0.05) is 30.1 Å². The van der Waals surface area contributed by atoms with E-state index in [1.807, 2.05) is 60.7 Å². The molecule has 1 fully saturated rings. The molecule has 0 unspecified atom stereocenters. The minimum atomic E-state index is -3.51. The predicted molar refractivity (Wildman–Crippen MR) is 130 cm³/mol. The number of ether oxygens (including phenoxy) is 1. The maximum Gasteiger partial charge on any atom is 0.236 e. The van der Waals surface area contributed by atoms with Crippen LogP contribution in [0.2, 0.25) is 0 Å². The second-order valence-electron chi connectivity index (χ2n) is 7.86. The zero-order chi connectivity index (χ0) is 23.1. The van der Waals surface area contributed by atoms with Gasteiger partial charge in [-0.2, -0.15) is 4.31 Å². The zero-order valence-electron chi connectivity index (χ0n) is 18.1. The zero-order valence-corrected chi connectivity index (χ0v) is 18.9. The Morgan fingerprint density at radius 3 is 2.06 bits per heavy atom. The standard InChI is InChI=1S/C26H26N2O4S/c29-26(27-23-11-13-25(14-12-23)32-24-9-5-2-6-10-24)22-15-18-28(19-16-22)33(30,31)20-17-21-7-3-1-4-8-21/h1-14,17,20,22H,15-16,18-19H2,(H,27,29)/b20-17+. The lowest BCUT2D eigenvalue weighted by Gasteiger charge is -2.29. The van der Waals surface area contributed by atoms with Gasteiger partial charge in [-0.05, 0) is 60.9 Å². The summed E-state index contributed by atoms with van der Waals surface area (Å²) >= 11 is 0. The second-order valence-corrected chi connectivity index (χ2v) is 9.68. The van der Waals surface area contributed by atoms with Crippen LogP contribution in [0.3, 0.4) is 0 Å². The lowest BCUT2D eigenvalue weighted by molar-refractivity contribution is -0.120. The lowest BCUT2D eigenvalue weighted by atomic mass is 9.97. The number of benzene rings is 3. The third-order valence-corrected chi connectivity index (χ3v) is 7.08. The largest absolute Gasteiger partial charge is 0.457 e. The highest BCUT2D eigenvalue weighted by Crippen LogP contribution is 2.25. The van der Waals surface area contributed by atoms with Crippen molar-refractivity contribution in [3.05, 3.63) is 95.9 Å². The minimum Gasteiger partial charge on any atom is -0.457 e. The monoisotopic (exact) mass is 462 g/mol. The molecule has 3 aromatic rings. The summed E-state index contributed by atoms with van der Waals surface area (Å²) in [4.78, 5) is 12.7. The van der Waals surface area contributed by atoms with Crippen molar-refractivity contribution in [2.75, 3.05) is 18.4 Å². The number of hydrogen-bond acceptors (Lipinski definition) is 4. The van der Waals surface area contributed by atoms with Crippen molar-refractivity contribution in [3.63, 3.8) is 0 Å². The highest BCUT2D eigenvalue weighted by atomic mass is 32.2. The first kappa shape index (κ1) is 22.8. The first-order valence-electron chi connectivity index (χ1n) is 10.9. The highest BCUT2D eigenvalue weighted by Gasteiger charge is 2.30. The maximum absolute atomic E-state index is 12.7. The molecule has 4 rings (SSSR count). The summed E-state index contributed by atoms with van der Waals surface area (Å²) in [5, 5.41) is 4.16. The van der Waals surface area contributed by atoms with E-state index in [0.717, 1.165) is 11.3 Å². The molecule has 1 aliphatic heterocycles. The fraction of sp³-hybridized carbons (Fsp3) is 0.192. The van der Waals surface area contributed by atoms with E-state index >= 15 is 0 Å². The molecule has 6 nitrogen and oxygen atoms in total. The number of anilines is 1. The van der Waals surface area contributed by atoms with E-state index in [2.05, 4.69) is 5.32 Å². The summed E-state index contributed by atoms with van der Waals surface area (Å²) in [6, 6.07) is 26.0. The van der Waals surface area contributed by atoms with Gasteiger partial charge in [0.05, 0.1) is 0 Å². The van der Waals surface area contributed by atoms with Gasteiger partial charge in [-0.15, -0.1) is 0 Å². The Hall–Kier alpha value is -3.42. The molecule has 1 saturated heterocycles. The van der Waals surface area contributed by atoms with Gasteiger partial charge in [0.25, 0.3) is 0 Å². The molecule has 0 aromatic heterocycles. The van der Waals surface area contributed by atoms with Crippen LogP contribution in [0.5, 0.6) is 11.5 Å². The molecule has 1 N–H and O–H groups in total. The van der Waals surface area contributed by atoms with Crippen molar-refractivity contribution in [3.8, 4) is 11.5 Å². The topological polar surface area (TPSA) is 75.7 Å².